The van der Waals surface area contributed by atoms with Crippen molar-refractivity contribution in [2.24, 2.45) is 0 Å². The van der Waals surface area contributed by atoms with Crippen LogP contribution in [0, 0.1) is 10.1 Å². The van der Waals surface area contributed by atoms with Crippen LogP contribution < -0.4 is 0 Å². The Kier molecular flexibility index (Phi) is 8.48. The average molecular weight is 508 g/mol. The fraction of sp³-hybridized carbons (Fsp3) is 0.483. The topological polar surface area (TPSA) is 86.8 Å². The number of aromatic nitrogens is 1. The molecule has 0 saturated carbocycles. The summed E-state index contributed by atoms with van der Waals surface area (Å²) in [4.78, 5) is 26.3. The van der Waals surface area contributed by atoms with Gasteiger partial charge in [0.25, 0.3) is 5.69 Å². The summed E-state index contributed by atoms with van der Waals surface area (Å²) in [5, 5.41) is 12.6. The summed E-state index contributed by atoms with van der Waals surface area (Å²) < 4.78 is 13.7. The molecule has 0 unspecified atom stereocenters. The quantitative estimate of drug-likeness (QED) is 0.161. The van der Waals surface area contributed by atoms with Gasteiger partial charge in [0.05, 0.1) is 28.5 Å². The van der Waals surface area contributed by atoms with Gasteiger partial charge in [-0.25, -0.2) is 4.79 Å². The van der Waals surface area contributed by atoms with E-state index in [1.807, 2.05) is 50.2 Å². The normalized spacial score (nSPS) is 16.8. The van der Waals surface area contributed by atoms with Crippen LogP contribution >= 0.6 is 0 Å². The van der Waals surface area contributed by atoms with Gasteiger partial charge in [-0.15, -0.1) is 0 Å². The van der Waals surface area contributed by atoms with Crippen LogP contribution in [0.5, 0.6) is 0 Å². The van der Waals surface area contributed by atoms with Gasteiger partial charge in [0.2, 0.25) is 0 Å². The van der Waals surface area contributed by atoms with E-state index in [0.29, 0.717) is 24.8 Å². The van der Waals surface area contributed by atoms with Crippen molar-refractivity contribution < 1.29 is 19.2 Å². The lowest BCUT2D eigenvalue weighted by Gasteiger charge is -2.32. The van der Waals surface area contributed by atoms with E-state index in [2.05, 4.69) is 17.7 Å². The van der Waals surface area contributed by atoms with Crippen molar-refractivity contribution in [3.63, 3.8) is 0 Å². The van der Waals surface area contributed by atoms with E-state index in [9.17, 15) is 14.9 Å². The Labute approximate surface area is 218 Å². The van der Waals surface area contributed by atoms with Gasteiger partial charge >= 0.3 is 6.09 Å². The number of rotatable bonds is 11. The number of carbonyl (C=O) groups excluding carboxylic acids is 1. The standard InChI is InChI=1S/C29H37N3O5/c1-4-5-6-10-18-30-19-23(27-25(30)14-11-15-26(27)32(34)35)16-17-24-21-37-29(2,3)31(24)28(33)36-20-22-12-8-7-9-13-22/h7-9,11-15,19,24H,4-6,10,16-18,20-21H2,1-3H3/t24-/m0/s1. The van der Waals surface area contributed by atoms with Gasteiger partial charge in [-0.1, -0.05) is 62.6 Å². The molecule has 3 aromatic rings. The van der Waals surface area contributed by atoms with Crippen molar-refractivity contribution in [2.45, 2.75) is 84.2 Å². The predicted molar refractivity (Wildman–Crippen MR) is 143 cm³/mol. The third-order valence-electron chi connectivity index (χ3n) is 7.13. The zero-order chi connectivity index (χ0) is 26.4. The number of ether oxygens (including phenoxy) is 2. The number of benzene rings is 2. The van der Waals surface area contributed by atoms with Gasteiger partial charge < -0.3 is 14.0 Å². The van der Waals surface area contributed by atoms with Crippen LogP contribution in [0.15, 0.2) is 54.7 Å². The van der Waals surface area contributed by atoms with E-state index in [1.165, 1.54) is 6.42 Å². The summed E-state index contributed by atoms with van der Waals surface area (Å²) in [6.45, 7) is 7.33. The van der Waals surface area contributed by atoms with Crippen LogP contribution in [0.2, 0.25) is 0 Å². The highest BCUT2D eigenvalue weighted by Gasteiger charge is 2.44. The second-order valence-electron chi connectivity index (χ2n) is 10.2. The Morgan fingerprint density at radius 1 is 1.14 bits per heavy atom. The summed E-state index contributed by atoms with van der Waals surface area (Å²) in [5.74, 6) is 0. The van der Waals surface area contributed by atoms with E-state index in [0.717, 1.165) is 42.5 Å². The molecule has 37 heavy (non-hydrogen) atoms. The predicted octanol–water partition coefficient (Wildman–Crippen LogP) is 6.84. The summed E-state index contributed by atoms with van der Waals surface area (Å²) in [6.07, 6.45) is 7.36. The van der Waals surface area contributed by atoms with Gasteiger partial charge in [0, 0.05) is 18.8 Å². The molecule has 8 heteroatoms. The molecule has 0 radical (unpaired) electrons. The number of nitro benzene ring substituents is 1. The Hall–Kier alpha value is -3.39. The van der Waals surface area contributed by atoms with Crippen LogP contribution in [-0.4, -0.2) is 38.9 Å². The molecule has 1 aliphatic heterocycles. The van der Waals surface area contributed by atoms with E-state index >= 15 is 0 Å². The minimum atomic E-state index is -0.794. The Bertz CT molecular complexity index is 1220. The van der Waals surface area contributed by atoms with Crippen molar-refractivity contribution in [2.75, 3.05) is 6.61 Å². The molecular formula is C29H37N3O5. The summed E-state index contributed by atoms with van der Waals surface area (Å²) in [7, 11) is 0. The molecule has 0 N–H and O–H groups in total. The molecule has 0 spiro atoms. The molecule has 198 valence electrons. The molecule has 1 atom stereocenters. The number of amides is 1. The van der Waals surface area contributed by atoms with E-state index in [1.54, 1.807) is 17.0 Å². The number of nitrogens with zero attached hydrogens (tertiary/aromatic N) is 3. The van der Waals surface area contributed by atoms with Gasteiger partial charge in [-0.05, 0) is 50.3 Å². The summed E-state index contributed by atoms with van der Waals surface area (Å²) in [5.41, 5.74) is 2.08. The van der Waals surface area contributed by atoms with E-state index < -0.39 is 11.8 Å². The first-order chi connectivity index (χ1) is 17.8. The monoisotopic (exact) mass is 507 g/mol. The highest BCUT2D eigenvalue weighted by atomic mass is 16.6. The van der Waals surface area contributed by atoms with Gasteiger partial charge in [-0.3, -0.25) is 15.0 Å². The summed E-state index contributed by atoms with van der Waals surface area (Å²) >= 11 is 0. The molecule has 1 amide bonds. The van der Waals surface area contributed by atoms with Gasteiger partial charge in [-0.2, -0.15) is 0 Å². The molecule has 2 aromatic carbocycles. The number of unbranched alkanes of at least 4 members (excludes halogenated alkanes) is 3. The first-order valence-electron chi connectivity index (χ1n) is 13.2. The number of hydrogen-bond acceptors (Lipinski definition) is 5. The maximum absolute atomic E-state index is 13.1. The Balaban J connectivity index is 1.52. The zero-order valence-electron chi connectivity index (χ0n) is 22.0. The van der Waals surface area contributed by atoms with Crippen molar-refractivity contribution in [1.29, 1.82) is 0 Å². The SMILES string of the molecule is CCCCCCn1cc(CC[C@H]2COC(C)(C)N2C(=O)OCc2ccccc2)c2c([N+](=O)[O-])cccc21. The van der Waals surface area contributed by atoms with Crippen molar-refractivity contribution >= 4 is 22.7 Å². The molecule has 8 nitrogen and oxygen atoms in total. The van der Waals surface area contributed by atoms with Gasteiger partial charge in [0.15, 0.2) is 0 Å². The second-order valence-corrected chi connectivity index (χ2v) is 10.2. The van der Waals surface area contributed by atoms with Crippen molar-refractivity contribution in [1.82, 2.24) is 9.47 Å². The number of non-ortho nitro benzene ring substituents is 1. The fourth-order valence-corrected chi connectivity index (χ4v) is 5.23. The average Bonchev–Trinajstić information content (AvgIpc) is 3.40. The first-order valence-corrected chi connectivity index (χ1v) is 13.2. The third-order valence-corrected chi connectivity index (χ3v) is 7.13. The minimum Gasteiger partial charge on any atom is -0.444 e. The lowest BCUT2D eigenvalue weighted by atomic mass is 10.0. The summed E-state index contributed by atoms with van der Waals surface area (Å²) in [6, 6.07) is 14.7. The third kappa shape index (κ3) is 6.13. The lowest BCUT2D eigenvalue weighted by Crippen LogP contribution is -2.48. The van der Waals surface area contributed by atoms with Crippen LogP contribution in [0.25, 0.3) is 10.9 Å². The number of aryl methyl sites for hydroxylation is 2. The Morgan fingerprint density at radius 3 is 2.65 bits per heavy atom. The lowest BCUT2D eigenvalue weighted by molar-refractivity contribution is -0.383. The molecule has 1 aromatic heterocycles. The number of carbonyl (C=O) groups is 1. The van der Waals surface area contributed by atoms with Crippen LogP contribution in [0.1, 0.15) is 64.0 Å². The van der Waals surface area contributed by atoms with Crippen molar-refractivity contribution in [3.05, 3.63) is 76.0 Å². The highest BCUT2D eigenvalue weighted by Crippen LogP contribution is 2.34. The minimum absolute atomic E-state index is 0.127. The molecule has 4 rings (SSSR count). The molecule has 2 heterocycles. The fourth-order valence-electron chi connectivity index (χ4n) is 5.23. The highest BCUT2D eigenvalue weighted by molar-refractivity contribution is 5.92. The number of nitro groups is 1. The smallest absolute Gasteiger partial charge is 0.412 e. The maximum Gasteiger partial charge on any atom is 0.412 e. The van der Waals surface area contributed by atoms with E-state index in [4.69, 9.17) is 9.47 Å². The maximum atomic E-state index is 13.1. The molecule has 1 aliphatic rings. The largest absolute Gasteiger partial charge is 0.444 e. The molecule has 0 bridgehead atoms. The van der Waals surface area contributed by atoms with Crippen LogP contribution in [0.4, 0.5) is 10.5 Å². The van der Waals surface area contributed by atoms with Crippen LogP contribution in [-0.2, 0) is 29.0 Å². The molecular weight excluding hydrogens is 470 g/mol. The second kappa shape index (κ2) is 11.8. The zero-order valence-corrected chi connectivity index (χ0v) is 22.0. The number of fused-ring (bicyclic) bond motifs is 1. The van der Waals surface area contributed by atoms with Crippen molar-refractivity contribution in [3.8, 4) is 0 Å². The molecule has 0 aliphatic carbocycles. The van der Waals surface area contributed by atoms with Crippen LogP contribution in [0.3, 0.4) is 0 Å². The van der Waals surface area contributed by atoms with Gasteiger partial charge in [0.1, 0.15) is 12.3 Å². The Morgan fingerprint density at radius 2 is 1.92 bits per heavy atom. The first kappa shape index (κ1) is 26.7. The molecule has 1 fully saturated rings. The number of hydrogen-bond donors (Lipinski definition) is 0. The van der Waals surface area contributed by atoms with E-state index in [-0.39, 0.29) is 23.3 Å². The molecule has 1 saturated heterocycles.